The highest BCUT2D eigenvalue weighted by atomic mass is 32.1. The zero-order valence-electron chi connectivity index (χ0n) is 33.8. The second-order valence-corrected chi connectivity index (χ2v) is 17.0. The van der Waals surface area contributed by atoms with Gasteiger partial charge in [0.2, 0.25) is 0 Å². The highest BCUT2D eigenvalue weighted by Gasteiger charge is 2.24. The molecule has 1 aliphatic rings. The van der Waals surface area contributed by atoms with Gasteiger partial charge < -0.3 is 9.32 Å². The number of rotatable bonds is 7. The van der Waals surface area contributed by atoms with Crippen molar-refractivity contribution in [2.24, 2.45) is 0 Å². The molecule has 2 aromatic heterocycles. The normalized spacial score (nSPS) is 12.1. The van der Waals surface area contributed by atoms with Gasteiger partial charge in [0, 0.05) is 44.1 Å². The van der Waals surface area contributed by atoms with E-state index < -0.39 is 0 Å². The van der Waals surface area contributed by atoms with Crippen molar-refractivity contribution in [2.75, 3.05) is 4.90 Å². The summed E-state index contributed by atoms with van der Waals surface area (Å²) in [5, 5.41) is 6.13. The Morgan fingerprint density at radius 3 is 1.92 bits per heavy atom. The lowest BCUT2D eigenvalue weighted by atomic mass is 9.91. The van der Waals surface area contributed by atoms with E-state index in [9.17, 15) is 0 Å². The maximum atomic E-state index is 6.67. The fourth-order valence-electron chi connectivity index (χ4n) is 9.40. The van der Waals surface area contributed by atoms with Gasteiger partial charge >= 0.3 is 0 Å². The molecule has 0 saturated carbocycles. The third-order valence-electron chi connectivity index (χ3n) is 12.3. The van der Waals surface area contributed by atoms with Crippen LogP contribution in [0.5, 0.6) is 0 Å². The average Bonchev–Trinajstić information content (AvgIpc) is 3.84. The quantitative estimate of drug-likeness (QED) is 0.159. The largest absolute Gasteiger partial charge is 0.460 e. The van der Waals surface area contributed by atoms with Crippen molar-refractivity contribution < 1.29 is 4.42 Å². The maximum Gasteiger partial charge on any atom is 0.135 e. The first-order valence-corrected chi connectivity index (χ1v) is 22.0. The summed E-state index contributed by atoms with van der Waals surface area (Å²) in [5.41, 5.74) is 14.9. The van der Waals surface area contributed by atoms with Crippen LogP contribution in [0.2, 0.25) is 0 Å². The number of anilines is 3. The molecule has 11 aromatic rings. The lowest BCUT2D eigenvalue weighted by Gasteiger charge is -2.28. The molecule has 0 atom stereocenters. The predicted octanol–water partition coefficient (Wildman–Crippen LogP) is 15.1. The van der Waals surface area contributed by atoms with Crippen LogP contribution in [0.15, 0.2) is 217 Å². The molecule has 12 rings (SSSR count). The summed E-state index contributed by atoms with van der Waals surface area (Å²) < 4.78 is 9.21. The highest BCUT2D eigenvalue weighted by Crippen LogP contribution is 2.49. The minimum Gasteiger partial charge on any atom is -0.460 e. The second kappa shape index (κ2) is 15.1. The fourth-order valence-corrected chi connectivity index (χ4v) is 10.6. The van der Waals surface area contributed by atoms with Gasteiger partial charge in [-0.15, -0.1) is 11.3 Å². The second-order valence-electron chi connectivity index (χ2n) is 15.9. The molecule has 0 amide bonds. The van der Waals surface area contributed by atoms with Crippen LogP contribution in [-0.4, -0.2) is 0 Å². The zero-order chi connectivity index (χ0) is 41.0. The Labute approximate surface area is 364 Å². The van der Waals surface area contributed by atoms with E-state index in [1.54, 1.807) is 0 Å². The highest BCUT2D eigenvalue weighted by molar-refractivity contribution is 7.26. The van der Waals surface area contributed by atoms with E-state index in [1.165, 1.54) is 58.4 Å². The van der Waals surface area contributed by atoms with E-state index in [0.717, 1.165) is 62.5 Å². The summed E-state index contributed by atoms with van der Waals surface area (Å²) in [6.07, 6.45) is 5.34. The molecule has 2 heterocycles. The van der Waals surface area contributed by atoms with E-state index in [1.807, 2.05) is 11.3 Å². The molecule has 292 valence electrons. The van der Waals surface area contributed by atoms with Gasteiger partial charge in [-0.25, -0.2) is 0 Å². The first-order chi connectivity index (χ1) is 30.7. The van der Waals surface area contributed by atoms with E-state index in [-0.39, 0.29) is 0 Å². The summed E-state index contributed by atoms with van der Waals surface area (Å²) in [7, 11) is 0. The van der Waals surface area contributed by atoms with Gasteiger partial charge in [0.05, 0.1) is 16.1 Å². The lowest BCUT2D eigenvalue weighted by molar-refractivity contribution is 0.568. The van der Waals surface area contributed by atoms with Crippen molar-refractivity contribution >= 4 is 71.7 Å². The molecule has 2 nitrogen and oxygen atoms in total. The molecule has 0 spiro atoms. The molecule has 0 saturated heterocycles. The van der Waals surface area contributed by atoms with Crippen LogP contribution < -0.4 is 15.3 Å². The topological polar surface area (TPSA) is 16.4 Å². The Kier molecular flexibility index (Phi) is 8.79. The fraction of sp³-hybridized carbons (Fsp3) is 0.0169. The number of hydrogen-bond donors (Lipinski definition) is 0. The summed E-state index contributed by atoms with van der Waals surface area (Å²) >= 11 is 1.86. The molecule has 62 heavy (non-hydrogen) atoms. The van der Waals surface area contributed by atoms with Gasteiger partial charge in [-0.3, -0.25) is 0 Å². The van der Waals surface area contributed by atoms with Gasteiger partial charge in [0.15, 0.2) is 0 Å². The third kappa shape index (κ3) is 6.17. The van der Waals surface area contributed by atoms with Crippen LogP contribution in [-0.2, 0) is 6.42 Å². The summed E-state index contributed by atoms with van der Waals surface area (Å²) in [4.78, 5) is 2.47. The molecular formula is C59H39NOS. The smallest absolute Gasteiger partial charge is 0.135 e. The van der Waals surface area contributed by atoms with Crippen LogP contribution in [0.3, 0.4) is 0 Å². The number of furan rings is 1. The van der Waals surface area contributed by atoms with Crippen LogP contribution >= 0.6 is 11.3 Å². The van der Waals surface area contributed by atoms with Gasteiger partial charge in [0.1, 0.15) is 11.3 Å². The average molecular weight is 810 g/mol. The van der Waals surface area contributed by atoms with Gasteiger partial charge in [0.25, 0.3) is 0 Å². The van der Waals surface area contributed by atoms with E-state index in [0.29, 0.717) is 0 Å². The van der Waals surface area contributed by atoms with Crippen LogP contribution in [0.4, 0.5) is 17.1 Å². The van der Waals surface area contributed by atoms with Gasteiger partial charge in [-0.05, 0) is 97.9 Å². The van der Waals surface area contributed by atoms with Crippen molar-refractivity contribution in [3.8, 4) is 44.5 Å². The molecule has 0 fully saturated rings. The third-order valence-corrected chi connectivity index (χ3v) is 13.5. The minimum atomic E-state index is 0.743. The van der Waals surface area contributed by atoms with E-state index in [4.69, 9.17) is 4.42 Å². The van der Waals surface area contributed by atoms with Crippen molar-refractivity contribution in [3.63, 3.8) is 0 Å². The molecule has 0 unspecified atom stereocenters. The molecule has 0 radical (unpaired) electrons. The molecule has 3 heteroatoms. The summed E-state index contributed by atoms with van der Waals surface area (Å²) in [5.74, 6) is 0.996. The van der Waals surface area contributed by atoms with Crippen LogP contribution in [0.25, 0.3) is 87.8 Å². The van der Waals surface area contributed by atoms with Crippen molar-refractivity contribution in [2.45, 2.75) is 6.42 Å². The van der Waals surface area contributed by atoms with Gasteiger partial charge in [-0.1, -0.05) is 176 Å². The first-order valence-electron chi connectivity index (χ1n) is 21.2. The Morgan fingerprint density at radius 2 is 1.08 bits per heavy atom. The molecular weight excluding hydrogens is 771 g/mol. The monoisotopic (exact) mass is 809 g/mol. The van der Waals surface area contributed by atoms with Crippen molar-refractivity contribution in [3.05, 3.63) is 234 Å². The number of hydrogen-bond acceptors (Lipinski definition) is 3. The number of thiophene rings is 1. The Morgan fingerprint density at radius 1 is 0.435 bits per heavy atom. The number of benzene rings is 9. The van der Waals surface area contributed by atoms with Crippen LogP contribution in [0.1, 0.15) is 11.3 Å². The van der Waals surface area contributed by atoms with Crippen molar-refractivity contribution in [1.29, 1.82) is 0 Å². The molecule has 9 aromatic carbocycles. The zero-order valence-corrected chi connectivity index (χ0v) is 34.6. The summed E-state index contributed by atoms with van der Waals surface area (Å²) in [6.45, 7) is 0. The van der Waals surface area contributed by atoms with Gasteiger partial charge in [-0.2, -0.15) is 0 Å². The molecule has 0 N–H and O–H groups in total. The minimum absolute atomic E-state index is 0.743. The first kappa shape index (κ1) is 36.2. The molecule has 0 aliphatic heterocycles. The lowest BCUT2D eigenvalue weighted by Crippen LogP contribution is -2.22. The Bertz CT molecular complexity index is 3600. The summed E-state index contributed by atoms with van der Waals surface area (Å²) in [6, 6.07) is 76.9. The Hall–Kier alpha value is -7.72. The molecule has 0 bridgehead atoms. The predicted molar refractivity (Wildman–Crippen MR) is 263 cm³/mol. The molecule has 1 aliphatic carbocycles. The number of para-hydroxylation sites is 1. The SMILES string of the molecule is C1=c2ccccc2=Cc2c(oc3cccc(-c4ccccc4N(c4ccc(-c5ccc(-c6ccccc6)c(-c6ccccc6)c5)cc4)c4cccc5c4sc4ccccc45)c23)C1. The van der Waals surface area contributed by atoms with E-state index >= 15 is 0 Å². The van der Waals surface area contributed by atoms with E-state index in [2.05, 4.69) is 229 Å². The van der Waals surface area contributed by atoms with Crippen LogP contribution in [0, 0.1) is 0 Å². The Balaban J connectivity index is 1.04. The standard InChI is InChI=1S/C59H39NOS/c1-3-16-41(17-4-1)46-35-31-44(37-51(46)42-18-5-2-6-19-42)40-29-33-45(34-30-40)60(54-26-13-24-50-48-22-10-12-28-57(48)62-59(50)54)53-25-11-9-21-47(53)49-23-14-27-56-58(49)52-38-43-20-8-7-15-39(43)32-36-55(52)61-56/h1-35,37-38H,36H2. The van der Waals surface area contributed by atoms with Crippen molar-refractivity contribution in [1.82, 2.24) is 0 Å². The number of fused-ring (bicyclic) bond motifs is 7. The number of nitrogens with zero attached hydrogens (tertiary/aromatic N) is 1. The maximum absolute atomic E-state index is 6.67.